The molecule has 27 heavy (non-hydrogen) atoms. The summed E-state index contributed by atoms with van der Waals surface area (Å²) in [4.78, 5) is 11.2. The lowest BCUT2D eigenvalue weighted by molar-refractivity contribution is 0.602. The van der Waals surface area contributed by atoms with Crippen LogP contribution in [0.4, 0.5) is 11.5 Å². The van der Waals surface area contributed by atoms with Gasteiger partial charge in [-0.2, -0.15) is 0 Å². The van der Waals surface area contributed by atoms with Crippen molar-refractivity contribution in [1.82, 2.24) is 9.97 Å². The summed E-state index contributed by atoms with van der Waals surface area (Å²) >= 11 is 0. The first kappa shape index (κ1) is 17.7. The Hall–Kier alpha value is -2.67. The van der Waals surface area contributed by atoms with Crippen molar-refractivity contribution >= 4 is 32.2 Å². The number of para-hydroxylation sites is 1. The molecular weight excluding hydrogens is 360 g/mol. The van der Waals surface area contributed by atoms with Gasteiger partial charge in [0.25, 0.3) is 0 Å². The molecule has 1 atom stereocenters. The zero-order chi connectivity index (χ0) is 19.0. The lowest BCUT2D eigenvalue weighted by Crippen LogP contribution is -2.30. The minimum absolute atomic E-state index is 0.275. The van der Waals surface area contributed by atoms with Gasteiger partial charge in [0.2, 0.25) is 0 Å². The van der Waals surface area contributed by atoms with Crippen LogP contribution in [0.15, 0.2) is 53.7 Å². The van der Waals surface area contributed by atoms with Crippen LogP contribution in [0.2, 0.25) is 0 Å². The molecule has 0 aliphatic carbocycles. The maximum atomic E-state index is 11.9. The molecule has 1 aliphatic rings. The van der Waals surface area contributed by atoms with Gasteiger partial charge in [-0.1, -0.05) is 18.2 Å². The van der Waals surface area contributed by atoms with Crippen LogP contribution >= 0.6 is 0 Å². The third kappa shape index (κ3) is 3.47. The van der Waals surface area contributed by atoms with Crippen LogP contribution in [-0.4, -0.2) is 44.8 Å². The zero-order valence-electron chi connectivity index (χ0n) is 15.4. The first-order valence-electron chi connectivity index (χ1n) is 8.92. The van der Waals surface area contributed by atoms with Crippen LogP contribution < -0.4 is 10.2 Å². The summed E-state index contributed by atoms with van der Waals surface area (Å²) in [5.41, 5.74) is 3.32. The fourth-order valence-electron chi connectivity index (χ4n) is 3.64. The van der Waals surface area contributed by atoms with Crippen LogP contribution in [0.5, 0.6) is 0 Å². The summed E-state index contributed by atoms with van der Waals surface area (Å²) in [6.45, 7) is 1.74. The van der Waals surface area contributed by atoms with Crippen LogP contribution in [0.3, 0.4) is 0 Å². The highest BCUT2D eigenvalue weighted by Gasteiger charge is 2.23. The van der Waals surface area contributed by atoms with E-state index >= 15 is 0 Å². The Balaban J connectivity index is 1.64. The highest BCUT2D eigenvalue weighted by atomic mass is 32.2. The molecule has 140 valence electrons. The van der Waals surface area contributed by atoms with Gasteiger partial charge in [0, 0.05) is 43.4 Å². The predicted octanol–water partition coefficient (Wildman–Crippen LogP) is 3.07. The molecular formula is C20H22N4O2S. The molecule has 0 fully saturated rings. The fourth-order valence-corrected chi connectivity index (χ4v) is 4.29. The average molecular weight is 382 g/mol. The van der Waals surface area contributed by atoms with Gasteiger partial charge in [-0.15, -0.1) is 0 Å². The Morgan fingerprint density at radius 3 is 2.81 bits per heavy atom. The van der Waals surface area contributed by atoms with Gasteiger partial charge in [0.15, 0.2) is 9.84 Å². The van der Waals surface area contributed by atoms with E-state index in [4.69, 9.17) is 0 Å². The van der Waals surface area contributed by atoms with Crippen LogP contribution in [0, 0.1) is 0 Å². The smallest absolute Gasteiger partial charge is 0.175 e. The standard InChI is InChI=1S/C20H22N4O2S/c1-24-10-9-14(16-5-3-4-6-19(16)24)12-21-20-17-11-15(27(2,25)26)7-8-18(17)22-13-23-20/h3-8,11,13-14H,9-10,12H2,1-2H3,(H,21,22,23). The molecule has 1 aromatic heterocycles. The summed E-state index contributed by atoms with van der Waals surface area (Å²) in [6.07, 6.45) is 3.77. The van der Waals surface area contributed by atoms with E-state index in [9.17, 15) is 8.42 Å². The van der Waals surface area contributed by atoms with Crippen molar-refractivity contribution in [2.45, 2.75) is 17.2 Å². The number of anilines is 2. The lowest BCUT2D eigenvalue weighted by Gasteiger charge is -2.33. The third-order valence-corrected chi connectivity index (χ3v) is 6.26. The highest BCUT2D eigenvalue weighted by molar-refractivity contribution is 7.90. The molecule has 1 unspecified atom stereocenters. The molecule has 4 rings (SSSR count). The quantitative estimate of drug-likeness (QED) is 0.747. The second kappa shape index (κ2) is 6.81. The summed E-state index contributed by atoms with van der Waals surface area (Å²) in [6, 6.07) is 13.4. The number of benzene rings is 2. The Morgan fingerprint density at radius 1 is 1.19 bits per heavy atom. The highest BCUT2D eigenvalue weighted by Crippen LogP contribution is 2.34. The largest absolute Gasteiger partial charge is 0.374 e. The third-order valence-electron chi connectivity index (χ3n) is 5.15. The molecule has 3 aromatic rings. The Morgan fingerprint density at radius 2 is 2.00 bits per heavy atom. The minimum Gasteiger partial charge on any atom is -0.374 e. The molecule has 0 amide bonds. The van der Waals surface area contributed by atoms with Gasteiger partial charge in [0.05, 0.1) is 10.4 Å². The number of rotatable bonds is 4. The summed E-state index contributed by atoms with van der Waals surface area (Å²) < 4.78 is 23.8. The monoisotopic (exact) mass is 382 g/mol. The van der Waals surface area contributed by atoms with Crippen molar-refractivity contribution in [2.75, 3.05) is 36.6 Å². The molecule has 1 N–H and O–H groups in total. The van der Waals surface area contributed by atoms with Crippen LogP contribution in [0.25, 0.3) is 10.9 Å². The number of fused-ring (bicyclic) bond motifs is 2. The van der Waals surface area contributed by atoms with Crippen LogP contribution in [0.1, 0.15) is 17.9 Å². The normalized spacial score (nSPS) is 17.0. The van der Waals surface area contributed by atoms with Gasteiger partial charge in [-0.05, 0) is 36.2 Å². The molecule has 0 radical (unpaired) electrons. The molecule has 0 saturated heterocycles. The molecule has 2 heterocycles. The Labute approximate surface area is 159 Å². The number of hydrogen-bond acceptors (Lipinski definition) is 6. The van der Waals surface area contributed by atoms with E-state index in [0.29, 0.717) is 11.7 Å². The maximum absolute atomic E-state index is 11.9. The predicted molar refractivity (Wildman–Crippen MR) is 108 cm³/mol. The average Bonchev–Trinajstić information content (AvgIpc) is 2.66. The first-order valence-corrected chi connectivity index (χ1v) is 10.8. The summed E-state index contributed by atoms with van der Waals surface area (Å²) in [5.74, 6) is 1.04. The van der Waals surface area contributed by atoms with E-state index in [1.165, 1.54) is 23.8 Å². The van der Waals surface area contributed by atoms with Gasteiger partial charge >= 0.3 is 0 Å². The Kier molecular flexibility index (Phi) is 4.47. The zero-order valence-corrected chi connectivity index (χ0v) is 16.2. The molecule has 6 nitrogen and oxygen atoms in total. The topological polar surface area (TPSA) is 75.2 Å². The van der Waals surface area contributed by atoms with Crippen molar-refractivity contribution in [1.29, 1.82) is 0 Å². The molecule has 0 saturated carbocycles. The van der Waals surface area contributed by atoms with E-state index < -0.39 is 9.84 Å². The number of nitrogens with zero attached hydrogens (tertiary/aromatic N) is 3. The molecule has 0 spiro atoms. The second-order valence-corrected chi connectivity index (χ2v) is 9.04. The van der Waals surface area contributed by atoms with Gasteiger partial charge in [-0.3, -0.25) is 0 Å². The van der Waals surface area contributed by atoms with Gasteiger partial charge in [-0.25, -0.2) is 18.4 Å². The van der Waals surface area contributed by atoms with Crippen molar-refractivity contribution in [3.05, 3.63) is 54.4 Å². The van der Waals surface area contributed by atoms with E-state index in [1.807, 2.05) is 0 Å². The SMILES string of the molecule is CN1CCC(CNc2ncnc3ccc(S(C)(=O)=O)cc23)c2ccccc21. The summed E-state index contributed by atoms with van der Waals surface area (Å²) in [7, 11) is -1.16. The minimum atomic E-state index is -3.28. The molecule has 1 aliphatic heterocycles. The first-order chi connectivity index (χ1) is 12.9. The second-order valence-electron chi connectivity index (χ2n) is 7.02. The van der Waals surface area contributed by atoms with Crippen LogP contribution in [-0.2, 0) is 9.84 Å². The lowest BCUT2D eigenvalue weighted by atomic mass is 9.90. The van der Waals surface area contributed by atoms with Gasteiger partial charge < -0.3 is 10.2 Å². The van der Waals surface area contributed by atoms with Gasteiger partial charge in [0.1, 0.15) is 12.1 Å². The maximum Gasteiger partial charge on any atom is 0.175 e. The van der Waals surface area contributed by atoms with Crippen molar-refractivity contribution in [3.63, 3.8) is 0 Å². The molecule has 7 heteroatoms. The number of nitrogens with one attached hydrogen (secondary N) is 1. The fraction of sp³-hybridized carbons (Fsp3) is 0.300. The summed E-state index contributed by atoms with van der Waals surface area (Å²) in [5, 5.41) is 4.15. The number of sulfone groups is 1. The van der Waals surface area contributed by atoms with E-state index in [1.54, 1.807) is 18.2 Å². The number of hydrogen-bond donors (Lipinski definition) is 1. The molecule has 2 aromatic carbocycles. The van der Waals surface area contributed by atoms with Crippen molar-refractivity contribution in [3.8, 4) is 0 Å². The van der Waals surface area contributed by atoms with E-state index in [2.05, 4.69) is 51.5 Å². The van der Waals surface area contributed by atoms with Crippen molar-refractivity contribution in [2.24, 2.45) is 0 Å². The van der Waals surface area contributed by atoms with E-state index in [0.717, 1.165) is 30.4 Å². The molecule has 0 bridgehead atoms. The Bertz CT molecular complexity index is 1100. The van der Waals surface area contributed by atoms with E-state index in [-0.39, 0.29) is 4.90 Å². The van der Waals surface area contributed by atoms with Crippen molar-refractivity contribution < 1.29 is 8.42 Å². The number of aromatic nitrogens is 2.